The fraction of sp³-hybridized carbons (Fsp3) is 0.581. The normalized spacial score (nSPS) is 15.0. The third-order valence-electron chi connectivity index (χ3n) is 7.55. The van der Waals surface area contributed by atoms with Gasteiger partial charge in [-0.2, -0.15) is 0 Å². The molecule has 0 spiro atoms. The molecule has 11 heteroatoms. The molecule has 54 heavy (non-hydrogen) atoms. The molecule has 0 aliphatic carbocycles. The van der Waals surface area contributed by atoms with E-state index in [-0.39, 0.29) is 32.6 Å². The number of carbonyl (C=O) groups is 2. The second-order valence-electron chi connectivity index (χ2n) is 12.6. The molecule has 306 valence electrons. The number of ether oxygens (including phenoxy) is 2. The van der Waals surface area contributed by atoms with Gasteiger partial charge in [0, 0.05) is 19.4 Å². The standard InChI is InChI=1S/C43H70NO9P/c1-3-5-7-9-11-12-13-14-15-16-17-18-23-27-31-35-43(47)53-41(39-52-54(48,49)51-37-36-44)38-50-42(46)34-30-26-22-20-19-21-25-29-33-40(45)32-28-24-10-8-6-4-2/h5-8,11-12,14-15,20-22,24-25,28-29,33,40-41,45H,3-4,9-10,13,16-19,23,26-27,30-32,34-39,44H2,1-2H3,(H,48,49)/b7-5-,8-6-,12-11-,15-14-,22-20-,25-21-,28-24-,33-29+/t40?,41-/m1/s1. The number of esters is 2. The third-order valence-corrected chi connectivity index (χ3v) is 8.53. The first-order chi connectivity index (χ1) is 26.2. The number of phosphoric ester groups is 1. The molecule has 0 aliphatic rings. The first kappa shape index (κ1) is 50.9. The Labute approximate surface area is 326 Å². The zero-order valence-electron chi connectivity index (χ0n) is 33.0. The lowest BCUT2D eigenvalue weighted by Gasteiger charge is -2.19. The molecule has 0 amide bonds. The Morgan fingerprint density at radius 3 is 1.87 bits per heavy atom. The van der Waals surface area contributed by atoms with Crippen molar-refractivity contribution in [2.75, 3.05) is 26.4 Å². The number of carbonyl (C=O) groups excluding carboxylic acids is 2. The van der Waals surface area contributed by atoms with Gasteiger partial charge in [-0.05, 0) is 77.0 Å². The zero-order chi connectivity index (χ0) is 39.8. The number of nitrogens with two attached hydrogens (primary N) is 1. The van der Waals surface area contributed by atoms with Crippen molar-refractivity contribution in [3.8, 4) is 0 Å². The maximum absolute atomic E-state index is 12.5. The predicted octanol–water partition coefficient (Wildman–Crippen LogP) is 10.0. The van der Waals surface area contributed by atoms with Crippen LogP contribution in [0.3, 0.4) is 0 Å². The quantitative estimate of drug-likeness (QED) is 0.0186. The molecular weight excluding hydrogens is 705 g/mol. The molecule has 0 aromatic carbocycles. The van der Waals surface area contributed by atoms with E-state index in [1.54, 1.807) is 6.08 Å². The Hall–Kier alpha value is -3.11. The van der Waals surface area contributed by atoms with Crippen LogP contribution in [0.4, 0.5) is 0 Å². The largest absolute Gasteiger partial charge is 0.472 e. The molecule has 0 fully saturated rings. The molecule has 0 saturated carbocycles. The number of unbranched alkanes of at least 4 members (excludes halogenated alkanes) is 6. The lowest BCUT2D eigenvalue weighted by atomic mass is 10.1. The van der Waals surface area contributed by atoms with Gasteiger partial charge in [0.2, 0.25) is 0 Å². The van der Waals surface area contributed by atoms with E-state index >= 15 is 0 Å². The molecule has 0 saturated heterocycles. The minimum Gasteiger partial charge on any atom is -0.462 e. The lowest BCUT2D eigenvalue weighted by molar-refractivity contribution is -0.161. The van der Waals surface area contributed by atoms with Crippen molar-refractivity contribution >= 4 is 19.8 Å². The fourth-order valence-electron chi connectivity index (χ4n) is 4.65. The van der Waals surface area contributed by atoms with Crippen molar-refractivity contribution in [3.63, 3.8) is 0 Å². The van der Waals surface area contributed by atoms with Gasteiger partial charge in [0.15, 0.2) is 6.10 Å². The van der Waals surface area contributed by atoms with E-state index in [9.17, 15) is 24.2 Å². The monoisotopic (exact) mass is 775 g/mol. The van der Waals surface area contributed by atoms with E-state index in [1.807, 2.05) is 42.5 Å². The minimum atomic E-state index is -4.41. The van der Waals surface area contributed by atoms with E-state index in [0.717, 1.165) is 70.6 Å². The van der Waals surface area contributed by atoms with Crippen LogP contribution in [0.15, 0.2) is 97.2 Å². The third kappa shape index (κ3) is 37.2. The molecular formula is C43H70NO9P. The average molecular weight is 776 g/mol. The Morgan fingerprint density at radius 1 is 0.648 bits per heavy atom. The molecule has 4 N–H and O–H groups in total. The van der Waals surface area contributed by atoms with Crippen LogP contribution in [0.1, 0.15) is 123 Å². The summed E-state index contributed by atoms with van der Waals surface area (Å²) in [5.41, 5.74) is 5.33. The van der Waals surface area contributed by atoms with Gasteiger partial charge in [0.25, 0.3) is 0 Å². The zero-order valence-corrected chi connectivity index (χ0v) is 33.9. The maximum atomic E-state index is 12.5. The lowest BCUT2D eigenvalue weighted by Crippen LogP contribution is -2.29. The SMILES string of the molecule is CC/C=C\C/C=C\C/C=C\CCCCCCCC(=O)O[C@H](COC(=O)CCC/C=C\C/C=C\C=C\C(O)C/C=C\C/C=C\CC)COP(=O)(O)OCCN. The highest BCUT2D eigenvalue weighted by Crippen LogP contribution is 2.43. The Morgan fingerprint density at radius 2 is 1.20 bits per heavy atom. The molecule has 3 atom stereocenters. The van der Waals surface area contributed by atoms with Crippen LogP contribution in [-0.2, 0) is 32.7 Å². The van der Waals surface area contributed by atoms with Gasteiger partial charge in [-0.3, -0.25) is 18.6 Å². The predicted molar refractivity (Wildman–Crippen MR) is 221 cm³/mol. The van der Waals surface area contributed by atoms with Gasteiger partial charge >= 0.3 is 19.8 Å². The van der Waals surface area contributed by atoms with Crippen LogP contribution >= 0.6 is 7.82 Å². The van der Waals surface area contributed by atoms with E-state index in [0.29, 0.717) is 25.7 Å². The van der Waals surface area contributed by atoms with Gasteiger partial charge in [0.1, 0.15) is 6.61 Å². The van der Waals surface area contributed by atoms with Crippen LogP contribution in [0.5, 0.6) is 0 Å². The molecule has 0 heterocycles. The van der Waals surface area contributed by atoms with Gasteiger partial charge in [0.05, 0.1) is 19.3 Å². The van der Waals surface area contributed by atoms with Crippen molar-refractivity contribution in [2.24, 2.45) is 5.73 Å². The molecule has 0 bridgehead atoms. The van der Waals surface area contributed by atoms with Gasteiger partial charge in [-0.1, -0.05) is 130 Å². The average Bonchev–Trinajstić information content (AvgIpc) is 3.15. The molecule has 10 nitrogen and oxygen atoms in total. The molecule has 0 radical (unpaired) electrons. The smallest absolute Gasteiger partial charge is 0.462 e. The maximum Gasteiger partial charge on any atom is 0.472 e. The van der Waals surface area contributed by atoms with Gasteiger partial charge < -0.3 is 25.2 Å². The Kier molecular flexibility index (Phi) is 36.0. The van der Waals surface area contributed by atoms with Gasteiger partial charge in [-0.15, -0.1) is 0 Å². The number of aliphatic hydroxyl groups is 1. The summed E-state index contributed by atoms with van der Waals surface area (Å²) >= 11 is 0. The van der Waals surface area contributed by atoms with E-state index in [2.05, 4.69) is 62.5 Å². The van der Waals surface area contributed by atoms with E-state index < -0.39 is 38.6 Å². The van der Waals surface area contributed by atoms with Crippen molar-refractivity contribution in [3.05, 3.63) is 97.2 Å². The number of hydrogen-bond acceptors (Lipinski definition) is 9. The van der Waals surface area contributed by atoms with Gasteiger partial charge in [-0.25, -0.2) is 4.57 Å². The highest BCUT2D eigenvalue weighted by molar-refractivity contribution is 7.47. The van der Waals surface area contributed by atoms with Crippen molar-refractivity contribution < 1.29 is 42.7 Å². The molecule has 0 aromatic rings. The van der Waals surface area contributed by atoms with Crippen LogP contribution in [0.25, 0.3) is 0 Å². The number of allylic oxidation sites excluding steroid dienone is 14. The summed E-state index contributed by atoms with van der Waals surface area (Å²) in [5.74, 6) is -0.969. The molecule has 2 unspecified atom stereocenters. The minimum absolute atomic E-state index is 0.0278. The van der Waals surface area contributed by atoms with E-state index in [1.165, 1.54) is 0 Å². The summed E-state index contributed by atoms with van der Waals surface area (Å²) in [6.07, 6.45) is 44.7. The summed E-state index contributed by atoms with van der Waals surface area (Å²) in [5, 5.41) is 9.99. The fourth-order valence-corrected chi connectivity index (χ4v) is 5.41. The number of hydrogen-bond donors (Lipinski definition) is 3. The topological polar surface area (TPSA) is 155 Å². The number of phosphoric acid groups is 1. The van der Waals surface area contributed by atoms with E-state index in [4.69, 9.17) is 24.3 Å². The highest BCUT2D eigenvalue weighted by Gasteiger charge is 2.25. The second-order valence-corrected chi connectivity index (χ2v) is 14.0. The summed E-state index contributed by atoms with van der Waals surface area (Å²) in [4.78, 5) is 34.8. The van der Waals surface area contributed by atoms with Crippen molar-refractivity contribution in [2.45, 2.75) is 135 Å². The first-order valence-corrected chi connectivity index (χ1v) is 21.3. The number of rotatable bonds is 35. The first-order valence-electron chi connectivity index (χ1n) is 19.8. The van der Waals surface area contributed by atoms with Crippen LogP contribution in [-0.4, -0.2) is 60.5 Å². The molecule has 0 aliphatic heterocycles. The summed E-state index contributed by atoms with van der Waals surface area (Å²) in [6, 6.07) is 0. The summed E-state index contributed by atoms with van der Waals surface area (Å²) < 4.78 is 32.6. The summed E-state index contributed by atoms with van der Waals surface area (Å²) in [6.45, 7) is 3.29. The Balaban J connectivity index is 4.42. The van der Waals surface area contributed by atoms with Crippen LogP contribution < -0.4 is 5.73 Å². The molecule has 0 aromatic heterocycles. The number of aliphatic hydroxyl groups excluding tert-OH is 1. The van der Waals surface area contributed by atoms with Crippen molar-refractivity contribution in [1.82, 2.24) is 0 Å². The summed E-state index contributed by atoms with van der Waals surface area (Å²) in [7, 11) is -4.41. The second kappa shape index (κ2) is 38.2. The van der Waals surface area contributed by atoms with Crippen LogP contribution in [0, 0.1) is 0 Å². The highest BCUT2D eigenvalue weighted by atomic mass is 31.2. The molecule has 0 rings (SSSR count). The Bertz CT molecular complexity index is 1220. The van der Waals surface area contributed by atoms with Crippen molar-refractivity contribution in [1.29, 1.82) is 0 Å². The van der Waals surface area contributed by atoms with Crippen LogP contribution in [0.2, 0.25) is 0 Å².